The van der Waals surface area contributed by atoms with Crippen molar-refractivity contribution < 1.29 is 14.4 Å². The van der Waals surface area contributed by atoms with Gasteiger partial charge in [0.15, 0.2) is 5.78 Å². The van der Waals surface area contributed by atoms with E-state index in [-0.39, 0.29) is 17.6 Å². The van der Waals surface area contributed by atoms with Crippen molar-refractivity contribution in [3.8, 4) is 0 Å². The van der Waals surface area contributed by atoms with Crippen LogP contribution in [0, 0.1) is 0 Å². The zero-order valence-corrected chi connectivity index (χ0v) is 18.1. The average molecular weight is 427 g/mol. The van der Waals surface area contributed by atoms with Gasteiger partial charge in [-0.3, -0.25) is 19.3 Å². The lowest BCUT2D eigenvalue weighted by Gasteiger charge is -2.42. The summed E-state index contributed by atoms with van der Waals surface area (Å²) in [6.45, 7) is 5.62. The van der Waals surface area contributed by atoms with Crippen LogP contribution in [0.4, 0.5) is 0 Å². The summed E-state index contributed by atoms with van der Waals surface area (Å²) in [4.78, 5) is 39.0. The number of benzene rings is 2. The molecule has 0 aromatic heterocycles. The van der Waals surface area contributed by atoms with Crippen LogP contribution in [-0.4, -0.2) is 37.6 Å². The predicted molar refractivity (Wildman–Crippen MR) is 119 cm³/mol. The van der Waals surface area contributed by atoms with Crippen LogP contribution in [0.1, 0.15) is 47.1 Å². The second-order valence-corrected chi connectivity index (χ2v) is 9.71. The Morgan fingerprint density at radius 3 is 2.24 bits per heavy atom. The Balaban J connectivity index is 1.80. The molecule has 0 bridgehead atoms. The van der Waals surface area contributed by atoms with E-state index < -0.39 is 10.8 Å². The van der Waals surface area contributed by atoms with Gasteiger partial charge in [-0.1, -0.05) is 66.4 Å². The van der Waals surface area contributed by atoms with Gasteiger partial charge in [0.05, 0.1) is 6.54 Å². The molecule has 2 aromatic rings. The maximum absolute atomic E-state index is 13.2. The molecule has 5 nitrogen and oxygen atoms in total. The van der Waals surface area contributed by atoms with E-state index in [0.29, 0.717) is 22.0 Å². The fraction of sp³-hybridized carbons (Fsp3) is 0.273. The molecule has 0 saturated carbocycles. The monoisotopic (exact) mass is 426 g/mol. The topological polar surface area (TPSA) is 66.5 Å². The van der Waals surface area contributed by atoms with Crippen LogP contribution in [0.5, 0.6) is 0 Å². The van der Waals surface area contributed by atoms with Crippen LogP contribution in [0.2, 0.25) is 0 Å². The standard InChI is InChI=1S/C22H22N2O3S2/c1-14(25)16-9-11-17(12-10-16)19(26)23-18-20(27)24(21(28)29-22(18,2)3)13-15-7-5-4-6-8-15/h4-12,18H,13H2,1-3H3,(H,23,26). The van der Waals surface area contributed by atoms with Crippen LogP contribution in [0.15, 0.2) is 54.6 Å². The molecule has 1 aliphatic heterocycles. The minimum absolute atomic E-state index is 0.0676. The molecule has 29 heavy (non-hydrogen) atoms. The Morgan fingerprint density at radius 1 is 1.07 bits per heavy atom. The van der Waals surface area contributed by atoms with Crippen molar-refractivity contribution in [1.82, 2.24) is 10.2 Å². The van der Waals surface area contributed by atoms with Gasteiger partial charge in [-0.05, 0) is 38.5 Å². The van der Waals surface area contributed by atoms with Crippen LogP contribution >= 0.6 is 24.0 Å². The van der Waals surface area contributed by atoms with Crippen molar-refractivity contribution in [3.63, 3.8) is 0 Å². The molecule has 0 aliphatic carbocycles. The molecule has 1 aliphatic rings. The van der Waals surface area contributed by atoms with Gasteiger partial charge >= 0.3 is 0 Å². The van der Waals surface area contributed by atoms with E-state index in [2.05, 4.69) is 5.32 Å². The van der Waals surface area contributed by atoms with Gasteiger partial charge in [0.1, 0.15) is 10.4 Å². The number of nitrogens with one attached hydrogen (secondary N) is 1. The Morgan fingerprint density at radius 2 is 1.66 bits per heavy atom. The fourth-order valence-corrected chi connectivity index (χ4v) is 4.89. The largest absolute Gasteiger partial charge is 0.339 e. The normalized spacial score (nSPS) is 18.4. The summed E-state index contributed by atoms with van der Waals surface area (Å²) in [7, 11) is 0. The van der Waals surface area contributed by atoms with Crippen LogP contribution in [0.3, 0.4) is 0 Å². The first-order chi connectivity index (χ1) is 13.7. The summed E-state index contributed by atoms with van der Waals surface area (Å²) in [6, 6.07) is 15.3. The Kier molecular flexibility index (Phi) is 6.19. The summed E-state index contributed by atoms with van der Waals surface area (Å²) < 4.78 is -0.0868. The Labute approximate surface area is 179 Å². The number of amides is 2. The van der Waals surface area contributed by atoms with Gasteiger partial charge in [-0.25, -0.2) is 0 Å². The lowest BCUT2D eigenvalue weighted by Crippen LogP contribution is -2.62. The molecular weight excluding hydrogens is 404 g/mol. The van der Waals surface area contributed by atoms with E-state index >= 15 is 0 Å². The molecule has 3 rings (SSSR count). The van der Waals surface area contributed by atoms with E-state index in [1.807, 2.05) is 44.2 Å². The molecule has 150 valence electrons. The third kappa shape index (κ3) is 4.74. The number of ketones is 1. The SMILES string of the molecule is CC(=O)c1ccc(C(=O)NC2C(=O)N(Cc3ccccc3)C(=S)SC2(C)C)cc1. The molecule has 1 fully saturated rings. The van der Waals surface area contributed by atoms with Gasteiger partial charge in [0, 0.05) is 15.9 Å². The number of Topliss-reactive ketones (excluding diaryl/α,β-unsaturated/α-hetero) is 1. The molecule has 7 heteroatoms. The van der Waals surface area contributed by atoms with Crippen molar-refractivity contribution in [1.29, 1.82) is 0 Å². The number of carbonyl (C=O) groups is 3. The van der Waals surface area contributed by atoms with Crippen molar-refractivity contribution in [3.05, 3.63) is 71.3 Å². The number of carbonyl (C=O) groups excluding carboxylic acids is 3. The summed E-state index contributed by atoms with van der Waals surface area (Å²) in [6.07, 6.45) is 0. The second kappa shape index (κ2) is 8.47. The summed E-state index contributed by atoms with van der Waals surface area (Å²) in [5, 5.41) is 2.86. The summed E-state index contributed by atoms with van der Waals surface area (Å²) in [5.74, 6) is -0.655. The highest BCUT2D eigenvalue weighted by molar-refractivity contribution is 8.24. The number of nitrogens with zero attached hydrogens (tertiary/aromatic N) is 1. The van der Waals surface area contributed by atoms with E-state index in [4.69, 9.17) is 12.2 Å². The first-order valence-electron chi connectivity index (χ1n) is 9.19. The Hall–Kier alpha value is -2.51. The molecular formula is C22H22N2O3S2. The third-order valence-electron chi connectivity index (χ3n) is 4.79. The molecule has 1 N–H and O–H groups in total. The second-order valence-electron chi connectivity index (χ2n) is 7.42. The van der Waals surface area contributed by atoms with Crippen molar-refractivity contribution in [2.45, 2.75) is 38.1 Å². The summed E-state index contributed by atoms with van der Waals surface area (Å²) in [5.41, 5.74) is 1.89. The highest BCUT2D eigenvalue weighted by atomic mass is 32.2. The van der Waals surface area contributed by atoms with Crippen LogP contribution < -0.4 is 5.32 Å². The molecule has 2 amide bonds. The first kappa shape index (κ1) is 21.2. The first-order valence-corrected chi connectivity index (χ1v) is 10.4. The van der Waals surface area contributed by atoms with E-state index in [1.54, 1.807) is 29.2 Å². The van der Waals surface area contributed by atoms with E-state index in [9.17, 15) is 14.4 Å². The minimum Gasteiger partial charge on any atom is -0.339 e. The molecule has 1 unspecified atom stereocenters. The van der Waals surface area contributed by atoms with Crippen molar-refractivity contribution in [2.24, 2.45) is 0 Å². The third-order valence-corrected chi connectivity index (χ3v) is 6.42. The summed E-state index contributed by atoms with van der Waals surface area (Å²) >= 11 is 6.88. The highest BCUT2D eigenvalue weighted by Crippen LogP contribution is 2.37. The van der Waals surface area contributed by atoms with Crippen molar-refractivity contribution >= 4 is 45.9 Å². The number of thiocarbonyl (C=S) groups is 1. The number of hydrogen-bond donors (Lipinski definition) is 1. The molecule has 1 heterocycles. The highest BCUT2D eigenvalue weighted by Gasteiger charge is 2.46. The molecule has 2 aromatic carbocycles. The molecule has 0 radical (unpaired) electrons. The zero-order valence-electron chi connectivity index (χ0n) is 16.5. The van der Waals surface area contributed by atoms with E-state index in [1.165, 1.54) is 18.7 Å². The molecule has 1 saturated heterocycles. The minimum atomic E-state index is -0.733. The average Bonchev–Trinajstić information content (AvgIpc) is 2.69. The fourth-order valence-electron chi connectivity index (χ4n) is 3.10. The lowest BCUT2D eigenvalue weighted by atomic mass is 10.00. The molecule has 1 atom stereocenters. The zero-order chi connectivity index (χ0) is 21.2. The van der Waals surface area contributed by atoms with E-state index in [0.717, 1.165) is 5.56 Å². The number of rotatable bonds is 5. The maximum atomic E-state index is 13.2. The van der Waals surface area contributed by atoms with Crippen LogP contribution in [-0.2, 0) is 11.3 Å². The van der Waals surface area contributed by atoms with Gasteiger partial charge in [-0.15, -0.1) is 0 Å². The molecule has 0 spiro atoms. The Bertz CT molecular complexity index is 956. The lowest BCUT2D eigenvalue weighted by molar-refractivity contribution is -0.130. The predicted octanol–water partition coefficient (Wildman–Crippen LogP) is 3.83. The maximum Gasteiger partial charge on any atom is 0.252 e. The smallest absolute Gasteiger partial charge is 0.252 e. The quantitative estimate of drug-likeness (QED) is 0.581. The van der Waals surface area contributed by atoms with Gasteiger partial charge in [0.2, 0.25) is 0 Å². The van der Waals surface area contributed by atoms with Gasteiger partial charge < -0.3 is 5.32 Å². The van der Waals surface area contributed by atoms with Crippen LogP contribution in [0.25, 0.3) is 0 Å². The number of thioether (sulfide) groups is 1. The van der Waals surface area contributed by atoms with Gasteiger partial charge in [-0.2, -0.15) is 0 Å². The van der Waals surface area contributed by atoms with Crippen molar-refractivity contribution in [2.75, 3.05) is 0 Å². The number of hydrogen-bond acceptors (Lipinski definition) is 5. The van der Waals surface area contributed by atoms with Gasteiger partial charge in [0.25, 0.3) is 11.8 Å².